The lowest BCUT2D eigenvalue weighted by Gasteiger charge is -2.10. The second-order valence-corrected chi connectivity index (χ2v) is 8.49. The molecule has 0 aliphatic heterocycles. The number of benzene rings is 1. The molecule has 0 spiro atoms. The molecule has 0 radical (unpaired) electrons. The molecule has 0 amide bonds. The minimum absolute atomic E-state index is 0.00459. The average Bonchev–Trinajstić information content (AvgIpc) is 2.96. The molecule has 6 nitrogen and oxygen atoms in total. The van der Waals surface area contributed by atoms with Gasteiger partial charge in [-0.25, -0.2) is 18.4 Å². The summed E-state index contributed by atoms with van der Waals surface area (Å²) >= 11 is 0. The number of hydrogen-bond donors (Lipinski definition) is 0. The van der Waals surface area contributed by atoms with E-state index in [4.69, 9.17) is 0 Å². The van der Waals surface area contributed by atoms with Crippen LogP contribution in [-0.2, 0) is 16.9 Å². The molecule has 26 heavy (non-hydrogen) atoms. The second kappa shape index (κ2) is 5.88. The molecule has 0 N–H and O–H groups in total. The van der Waals surface area contributed by atoms with E-state index >= 15 is 0 Å². The van der Waals surface area contributed by atoms with Gasteiger partial charge in [0.05, 0.1) is 33.4 Å². The Hall–Kier alpha value is -2.80. The number of para-hydroxylation sites is 1. The number of imidazole rings is 1. The standard InChI is InChI=1S/C19H18N4O2S/c1-4-26(24,25)17-10-13-7-5-6-8-14(13)21-18(17)19-22-15-9-12(2)20-11-16(15)23(19)3/h5-11H,4H2,1-3H3. The Labute approximate surface area is 151 Å². The van der Waals surface area contributed by atoms with E-state index in [1.807, 2.05) is 48.9 Å². The summed E-state index contributed by atoms with van der Waals surface area (Å²) in [5.41, 5.74) is 3.57. The van der Waals surface area contributed by atoms with Crippen LogP contribution in [-0.4, -0.2) is 33.7 Å². The SMILES string of the molecule is CCS(=O)(=O)c1cc2ccccc2nc1-c1nc2cc(C)ncc2n1C. The number of hydrogen-bond acceptors (Lipinski definition) is 5. The highest BCUT2D eigenvalue weighted by molar-refractivity contribution is 7.91. The Kier molecular flexibility index (Phi) is 3.77. The Morgan fingerprint density at radius 3 is 2.62 bits per heavy atom. The van der Waals surface area contributed by atoms with Crippen molar-refractivity contribution in [3.8, 4) is 11.5 Å². The van der Waals surface area contributed by atoms with Crippen LogP contribution >= 0.6 is 0 Å². The first-order chi connectivity index (χ1) is 12.4. The van der Waals surface area contributed by atoms with Crippen molar-refractivity contribution in [3.63, 3.8) is 0 Å². The Morgan fingerprint density at radius 2 is 1.85 bits per heavy atom. The number of pyridine rings is 2. The molecule has 0 aliphatic rings. The molecule has 0 bridgehead atoms. The number of sulfone groups is 1. The lowest BCUT2D eigenvalue weighted by Crippen LogP contribution is -2.09. The third-order valence-corrected chi connectivity index (χ3v) is 6.26. The molecule has 0 saturated carbocycles. The van der Waals surface area contributed by atoms with Crippen LogP contribution < -0.4 is 0 Å². The normalized spacial score (nSPS) is 12.1. The first-order valence-electron chi connectivity index (χ1n) is 8.32. The second-order valence-electron chi connectivity index (χ2n) is 6.24. The van der Waals surface area contributed by atoms with E-state index in [0.717, 1.165) is 27.6 Å². The molecule has 0 aliphatic carbocycles. The van der Waals surface area contributed by atoms with Gasteiger partial charge in [-0.05, 0) is 25.1 Å². The summed E-state index contributed by atoms with van der Waals surface area (Å²) < 4.78 is 27.3. The van der Waals surface area contributed by atoms with Gasteiger partial charge in [-0.15, -0.1) is 0 Å². The topological polar surface area (TPSA) is 77.7 Å². The smallest absolute Gasteiger partial charge is 0.180 e. The Bertz CT molecular complexity index is 1260. The van der Waals surface area contributed by atoms with E-state index in [1.54, 1.807) is 19.2 Å². The van der Waals surface area contributed by atoms with Gasteiger partial charge in [0.15, 0.2) is 15.7 Å². The van der Waals surface area contributed by atoms with Crippen molar-refractivity contribution in [1.29, 1.82) is 0 Å². The highest BCUT2D eigenvalue weighted by Gasteiger charge is 2.23. The number of rotatable bonds is 3. The zero-order chi connectivity index (χ0) is 18.5. The Morgan fingerprint density at radius 1 is 1.08 bits per heavy atom. The molecular formula is C19H18N4O2S. The van der Waals surface area contributed by atoms with Crippen LogP contribution in [0.2, 0.25) is 0 Å². The molecule has 1 aromatic carbocycles. The summed E-state index contributed by atoms with van der Waals surface area (Å²) in [6.07, 6.45) is 1.75. The molecule has 0 atom stereocenters. The predicted octanol–water partition coefficient (Wildman–Crippen LogP) is 3.29. The summed E-state index contributed by atoms with van der Waals surface area (Å²) in [7, 11) is -1.61. The lowest BCUT2D eigenvalue weighted by molar-refractivity contribution is 0.597. The maximum absolute atomic E-state index is 12.7. The van der Waals surface area contributed by atoms with Gasteiger partial charge >= 0.3 is 0 Å². The summed E-state index contributed by atoms with van der Waals surface area (Å²) in [5.74, 6) is 0.523. The Balaban J connectivity index is 2.10. The summed E-state index contributed by atoms with van der Waals surface area (Å²) in [5, 5.41) is 0.791. The van der Waals surface area contributed by atoms with Gasteiger partial charge in [0.2, 0.25) is 0 Å². The fourth-order valence-electron chi connectivity index (χ4n) is 3.05. The zero-order valence-electron chi connectivity index (χ0n) is 14.8. The maximum atomic E-state index is 12.7. The third-order valence-electron chi connectivity index (χ3n) is 4.52. The number of nitrogens with zero attached hydrogens (tertiary/aromatic N) is 4. The fourth-order valence-corrected chi connectivity index (χ4v) is 4.10. The van der Waals surface area contributed by atoms with E-state index in [1.165, 1.54) is 0 Å². The maximum Gasteiger partial charge on any atom is 0.180 e. The third kappa shape index (κ3) is 2.55. The average molecular weight is 366 g/mol. The van der Waals surface area contributed by atoms with Crippen LogP contribution in [0.1, 0.15) is 12.6 Å². The van der Waals surface area contributed by atoms with E-state index in [2.05, 4.69) is 15.0 Å². The van der Waals surface area contributed by atoms with Crippen molar-refractivity contribution < 1.29 is 8.42 Å². The van der Waals surface area contributed by atoms with Gasteiger partial charge in [-0.3, -0.25) is 4.98 Å². The summed E-state index contributed by atoms with van der Waals surface area (Å²) in [4.78, 5) is 13.8. The largest absolute Gasteiger partial charge is 0.324 e. The molecule has 7 heteroatoms. The van der Waals surface area contributed by atoms with Crippen LogP contribution in [0.4, 0.5) is 0 Å². The fraction of sp³-hybridized carbons (Fsp3) is 0.211. The monoisotopic (exact) mass is 366 g/mol. The quantitative estimate of drug-likeness (QED) is 0.556. The van der Waals surface area contributed by atoms with E-state index in [-0.39, 0.29) is 10.6 Å². The van der Waals surface area contributed by atoms with Crippen molar-refractivity contribution in [1.82, 2.24) is 19.5 Å². The van der Waals surface area contributed by atoms with Gasteiger partial charge in [-0.2, -0.15) is 0 Å². The van der Waals surface area contributed by atoms with Gasteiger partial charge in [0, 0.05) is 18.1 Å². The van der Waals surface area contributed by atoms with Crippen LogP contribution in [0.25, 0.3) is 33.5 Å². The number of aromatic nitrogens is 4. The highest BCUT2D eigenvalue weighted by atomic mass is 32.2. The summed E-state index contributed by atoms with van der Waals surface area (Å²) in [6, 6.07) is 11.1. The molecular weight excluding hydrogens is 348 g/mol. The van der Waals surface area contributed by atoms with Crippen molar-refractivity contribution in [2.24, 2.45) is 7.05 Å². The minimum atomic E-state index is -3.46. The number of fused-ring (bicyclic) bond motifs is 2. The minimum Gasteiger partial charge on any atom is -0.324 e. The van der Waals surface area contributed by atoms with Gasteiger partial charge in [0.25, 0.3) is 0 Å². The first-order valence-corrected chi connectivity index (χ1v) is 9.98. The molecule has 3 heterocycles. The van der Waals surface area contributed by atoms with Gasteiger partial charge in [0.1, 0.15) is 5.69 Å². The lowest BCUT2D eigenvalue weighted by atomic mass is 10.2. The van der Waals surface area contributed by atoms with E-state index in [9.17, 15) is 8.42 Å². The summed E-state index contributed by atoms with van der Waals surface area (Å²) in [6.45, 7) is 3.53. The molecule has 0 fully saturated rings. The molecule has 4 rings (SSSR count). The molecule has 4 aromatic rings. The van der Waals surface area contributed by atoms with Crippen LogP contribution in [0.5, 0.6) is 0 Å². The highest BCUT2D eigenvalue weighted by Crippen LogP contribution is 2.31. The molecule has 132 valence electrons. The van der Waals surface area contributed by atoms with Gasteiger partial charge < -0.3 is 4.57 Å². The van der Waals surface area contributed by atoms with Crippen molar-refractivity contribution in [2.75, 3.05) is 5.75 Å². The molecule has 0 unspecified atom stereocenters. The van der Waals surface area contributed by atoms with Crippen molar-refractivity contribution >= 4 is 31.8 Å². The molecule has 0 saturated heterocycles. The molecule has 3 aromatic heterocycles. The van der Waals surface area contributed by atoms with Crippen LogP contribution in [0.15, 0.2) is 47.5 Å². The zero-order valence-corrected chi connectivity index (χ0v) is 15.6. The van der Waals surface area contributed by atoms with E-state index in [0.29, 0.717) is 11.5 Å². The predicted molar refractivity (Wildman–Crippen MR) is 102 cm³/mol. The van der Waals surface area contributed by atoms with Crippen LogP contribution in [0, 0.1) is 6.92 Å². The first kappa shape index (κ1) is 16.7. The van der Waals surface area contributed by atoms with Crippen molar-refractivity contribution in [2.45, 2.75) is 18.7 Å². The van der Waals surface area contributed by atoms with Crippen LogP contribution in [0.3, 0.4) is 0 Å². The van der Waals surface area contributed by atoms with Crippen molar-refractivity contribution in [3.05, 3.63) is 48.3 Å². The number of aryl methyl sites for hydroxylation is 2. The van der Waals surface area contributed by atoms with Gasteiger partial charge in [-0.1, -0.05) is 25.1 Å². The van der Waals surface area contributed by atoms with E-state index < -0.39 is 9.84 Å².